The first-order chi connectivity index (χ1) is 11.9. The number of pyridine rings is 1. The van der Waals surface area contributed by atoms with Crippen molar-refractivity contribution in [3.8, 4) is 11.1 Å². The zero-order valence-corrected chi connectivity index (χ0v) is 13.8. The summed E-state index contributed by atoms with van der Waals surface area (Å²) in [5.74, 6) is -0.312. The van der Waals surface area contributed by atoms with Gasteiger partial charge in [0.05, 0.1) is 6.20 Å². The summed E-state index contributed by atoms with van der Waals surface area (Å²) in [7, 11) is 1.78. The normalized spacial score (nSPS) is 23.1. The molecule has 1 aromatic carbocycles. The van der Waals surface area contributed by atoms with Gasteiger partial charge in [-0.2, -0.15) is 0 Å². The van der Waals surface area contributed by atoms with Crippen LogP contribution in [0, 0.1) is 17.6 Å². The third kappa shape index (κ3) is 2.32. The van der Waals surface area contributed by atoms with Crippen LogP contribution in [-0.4, -0.2) is 22.9 Å². The Morgan fingerprint density at radius 3 is 2.56 bits per heavy atom. The Morgan fingerprint density at radius 1 is 1.20 bits per heavy atom. The summed E-state index contributed by atoms with van der Waals surface area (Å²) >= 11 is 0. The van der Waals surface area contributed by atoms with Gasteiger partial charge in [0.25, 0.3) is 0 Å². The first kappa shape index (κ1) is 15.7. The second kappa shape index (κ2) is 5.37. The van der Waals surface area contributed by atoms with Crippen molar-refractivity contribution in [3.05, 3.63) is 66.1 Å². The van der Waals surface area contributed by atoms with Gasteiger partial charge < -0.3 is 10.6 Å². The fourth-order valence-electron chi connectivity index (χ4n) is 3.54. The quantitative estimate of drug-likeness (QED) is 0.932. The molecule has 1 atom stereocenters. The number of hydrogen-bond acceptors (Lipinski definition) is 4. The molecule has 2 aromatic rings. The van der Waals surface area contributed by atoms with E-state index in [2.05, 4.69) is 16.6 Å². The molecule has 6 heteroatoms. The molecule has 25 heavy (non-hydrogen) atoms. The maximum atomic E-state index is 14.8. The van der Waals surface area contributed by atoms with Crippen LogP contribution < -0.4 is 5.73 Å². The molecule has 1 aliphatic heterocycles. The van der Waals surface area contributed by atoms with E-state index in [9.17, 15) is 8.78 Å². The molecule has 1 aromatic heterocycles. The van der Waals surface area contributed by atoms with Gasteiger partial charge in [0, 0.05) is 30.1 Å². The Hall–Kier alpha value is -2.76. The average Bonchev–Trinajstić information content (AvgIpc) is 3.41. The number of hydrogen-bond donors (Lipinski definition) is 1. The number of guanidine groups is 1. The molecule has 0 radical (unpaired) electrons. The van der Waals surface area contributed by atoms with E-state index in [0.29, 0.717) is 28.3 Å². The molecule has 4 rings (SSSR count). The van der Waals surface area contributed by atoms with Crippen LogP contribution in [0.1, 0.15) is 18.4 Å². The summed E-state index contributed by atoms with van der Waals surface area (Å²) in [4.78, 5) is 10.2. The summed E-state index contributed by atoms with van der Waals surface area (Å²) in [5, 5.41) is 0. The lowest BCUT2D eigenvalue weighted by Crippen LogP contribution is -2.33. The largest absolute Gasteiger partial charge is 0.369 e. The Labute approximate surface area is 144 Å². The highest BCUT2D eigenvalue weighted by molar-refractivity contribution is 5.84. The Kier molecular flexibility index (Phi) is 3.39. The average molecular weight is 340 g/mol. The van der Waals surface area contributed by atoms with Crippen molar-refractivity contribution >= 4 is 5.96 Å². The standard InChI is InChI=1S/C19H18F2N4/c1-11-19(14-4-5-14,24-18(22)25(11)2)16-8-12(3-6-17(16)21)13-7-15(20)10-23-9-13/h3,6-10,14H,1,4-5H2,2H3,(H2,22,24). The smallest absolute Gasteiger partial charge is 0.196 e. The van der Waals surface area contributed by atoms with Crippen molar-refractivity contribution in [3.63, 3.8) is 0 Å². The molecule has 1 aliphatic carbocycles. The van der Waals surface area contributed by atoms with Crippen molar-refractivity contribution in [2.24, 2.45) is 16.6 Å². The lowest BCUT2D eigenvalue weighted by molar-refractivity contribution is 0.404. The number of likely N-dealkylation sites (N-methyl/N-ethyl adjacent to an activating group) is 1. The van der Waals surface area contributed by atoms with Gasteiger partial charge in [-0.05, 0) is 42.5 Å². The fraction of sp³-hybridized carbons (Fsp3) is 0.263. The molecule has 0 saturated heterocycles. The molecule has 2 aliphatic rings. The lowest BCUT2D eigenvalue weighted by atomic mass is 9.81. The predicted octanol–water partition coefficient (Wildman–Crippen LogP) is 3.41. The number of aliphatic imine (C=N–C) groups is 1. The number of nitrogens with two attached hydrogens (primary N) is 1. The highest BCUT2D eigenvalue weighted by Gasteiger charge is 2.54. The molecular formula is C19H18F2N4. The third-order valence-corrected chi connectivity index (χ3v) is 5.06. The van der Waals surface area contributed by atoms with Gasteiger partial charge in [0.2, 0.25) is 0 Å². The molecule has 1 unspecified atom stereocenters. The highest BCUT2D eigenvalue weighted by atomic mass is 19.1. The minimum atomic E-state index is -0.889. The van der Waals surface area contributed by atoms with E-state index in [1.807, 2.05) is 0 Å². The van der Waals surface area contributed by atoms with Crippen LogP contribution in [0.25, 0.3) is 11.1 Å². The van der Waals surface area contributed by atoms with Crippen LogP contribution in [0.4, 0.5) is 8.78 Å². The molecule has 1 saturated carbocycles. The Bertz CT molecular complexity index is 904. The SMILES string of the molecule is C=C1N(C)C(N)=NC1(c1cc(-c2cncc(F)c2)ccc1F)C1CC1. The maximum absolute atomic E-state index is 14.8. The maximum Gasteiger partial charge on any atom is 0.196 e. The molecule has 0 amide bonds. The summed E-state index contributed by atoms with van der Waals surface area (Å²) < 4.78 is 28.3. The molecule has 4 nitrogen and oxygen atoms in total. The van der Waals surface area contributed by atoms with Gasteiger partial charge in [-0.1, -0.05) is 12.6 Å². The van der Waals surface area contributed by atoms with Crippen molar-refractivity contribution in [1.29, 1.82) is 0 Å². The third-order valence-electron chi connectivity index (χ3n) is 5.06. The van der Waals surface area contributed by atoms with Crippen molar-refractivity contribution in [2.75, 3.05) is 7.05 Å². The monoisotopic (exact) mass is 340 g/mol. The Balaban J connectivity index is 1.90. The van der Waals surface area contributed by atoms with E-state index in [4.69, 9.17) is 5.73 Å². The fourth-order valence-corrected chi connectivity index (χ4v) is 3.54. The molecule has 128 valence electrons. The minimum Gasteiger partial charge on any atom is -0.369 e. The molecule has 2 heterocycles. The zero-order valence-electron chi connectivity index (χ0n) is 13.8. The summed E-state index contributed by atoms with van der Waals surface area (Å²) in [6, 6.07) is 6.09. The number of nitrogens with zero attached hydrogens (tertiary/aromatic N) is 3. The first-order valence-corrected chi connectivity index (χ1v) is 8.13. The van der Waals surface area contributed by atoms with Crippen molar-refractivity contribution in [1.82, 2.24) is 9.88 Å². The first-order valence-electron chi connectivity index (χ1n) is 8.13. The van der Waals surface area contributed by atoms with Crippen LogP contribution in [0.2, 0.25) is 0 Å². The lowest BCUT2D eigenvalue weighted by Gasteiger charge is -2.30. The van der Waals surface area contributed by atoms with Gasteiger partial charge in [0.1, 0.15) is 17.2 Å². The van der Waals surface area contributed by atoms with Gasteiger partial charge in [-0.15, -0.1) is 0 Å². The van der Waals surface area contributed by atoms with E-state index >= 15 is 0 Å². The van der Waals surface area contributed by atoms with Gasteiger partial charge >= 0.3 is 0 Å². The van der Waals surface area contributed by atoms with Crippen LogP contribution in [0.3, 0.4) is 0 Å². The van der Waals surface area contributed by atoms with Gasteiger partial charge in [0.15, 0.2) is 5.96 Å². The van der Waals surface area contributed by atoms with E-state index in [-0.39, 0.29) is 11.7 Å². The van der Waals surface area contributed by atoms with E-state index < -0.39 is 11.4 Å². The summed E-state index contributed by atoms with van der Waals surface area (Å²) in [5.41, 5.74) is 7.47. The summed E-state index contributed by atoms with van der Waals surface area (Å²) in [6.07, 6.45) is 4.57. The molecule has 0 spiro atoms. The molecular weight excluding hydrogens is 322 g/mol. The second-order valence-electron chi connectivity index (χ2n) is 6.60. The molecule has 2 N–H and O–H groups in total. The zero-order chi connectivity index (χ0) is 17.8. The van der Waals surface area contributed by atoms with Gasteiger partial charge in [-0.25, -0.2) is 13.8 Å². The van der Waals surface area contributed by atoms with E-state index in [1.165, 1.54) is 12.1 Å². The number of halogens is 2. The van der Waals surface area contributed by atoms with Crippen molar-refractivity contribution < 1.29 is 8.78 Å². The van der Waals surface area contributed by atoms with E-state index in [1.54, 1.807) is 30.3 Å². The second-order valence-corrected chi connectivity index (χ2v) is 6.60. The van der Waals surface area contributed by atoms with Crippen LogP contribution >= 0.6 is 0 Å². The van der Waals surface area contributed by atoms with Crippen LogP contribution in [-0.2, 0) is 5.54 Å². The molecule has 0 bridgehead atoms. The number of rotatable bonds is 3. The molecule has 1 fully saturated rings. The Morgan fingerprint density at radius 2 is 1.96 bits per heavy atom. The van der Waals surface area contributed by atoms with Crippen molar-refractivity contribution in [2.45, 2.75) is 18.4 Å². The van der Waals surface area contributed by atoms with Crippen LogP contribution in [0.15, 0.2) is 53.9 Å². The predicted molar refractivity (Wildman–Crippen MR) is 92.5 cm³/mol. The topological polar surface area (TPSA) is 54.5 Å². The van der Waals surface area contributed by atoms with E-state index in [0.717, 1.165) is 19.0 Å². The summed E-state index contributed by atoms with van der Waals surface area (Å²) in [6.45, 7) is 4.13. The highest BCUT2D eigenvalue weighted by Crippen LogP contribution is 2.55. The number of aromatic nitrogens is 1. The van der Waals surface area contributed by atoms with Crippen LogP contribution in [0.5, 0.6) is 0 Å². The van der Waals surface area contributed by atoms with Gasteiger partial charge in [-0.3, -0.25) is 4.98 Å². The number of benzene rings is 1. The minimum absolute atomic E-state index is 0.166.